The first-order valence-electron chi connectivity index (χ1n) is 6.27. The smallest absolute Gasteiger partial charge is 0.224 e. The quantitative estimate of drug-likeness (QED) is 0.819. The van der Waals surface area contributed by atoms with Crippen molar-refractivity contribution in [1.82, 2.24) is 0 Å². The Labute approximate surface area is 101 Å². The van der Waals surface area contributed by atoms with Crippen molar-refractivity contribution >= 4 is 11.6 Å². The van der Waals surface area contributed by atoms with E-state index in [2.05, 4.69) is 24.4 Å². The van der Waals surface area contributed by atoms with Gasteiger partial charge in [-0.3, -0.25) is 4.79 Å². The molecule has 1 saturated carbocycles. The lowest BCUT2D eigenvalue weighted by molar-refractivity contribution is -0.116. The molecular weight excluding hydrogens is 212 g/mol. The number of nitrogens with one attached hydrogen (secondary N) is 1. The molecule has 0 saturated heterocycles. The second-order valence-corrected chi connectivity index (χ2v) is 5.60. The van der Waals surface area contributed by atoms with Crippen molar-refractivity contribution in [2.45, 2.75) is 38.6 Å². The van der Waals surface area contributed by atoms with E-state index in [1.807, 2.05) is 6.07 Å². The molecule has 1 aromatic rings. The van der Waals surface area contributed by atoms with E-state index in [1.54, 1.807) is 0 Å². The van der Waals surface area contributed by atoms with Gasteiger partial charge in [-0.25, -0.2) is 0 Å². The number of benzene rings is 1. The molecule has 3 N–H and O–H groups in total. The average Bonchev–Trinajstić information content (AvgIpc) is 3.07. The molecule has 1 aliphatic heterocycles. The zero-order valence-corrected chi connectivity index (χ0v) is 10.1. The number of carbonyl (C=O) groups excluding carboxylic acids is 1. The third kappa shape index (κ3) is 1.84. The van der Waals surface area contributed by atoms with E-state index in [0.717, 1.165) is 12.1 Å². The molecular formula is C14H18N2O. The summed E-state index contributed by atoms with van der Waals surface area (Å²) in [4.78, 5) is 11.3. The Morgan fingerprint density at radius 2 is 2.12 bits per heavy atom. The van der Waals surface area contributed by atoms with Crippen LogP contribution in [0.5, 0.6) is 0 Å². The largest absolute Gasteiger partial charge is 0.326 e. The summed E-state index contributed by atoms with van der Waals surface area (Å²) in [6, 6.07) is 6.35. The number of carbonyl (C=O) groups is 1. The van der Waals surface area contributed by atoms with E-state index in [1.165, 1.54) is 24.0 Å². The normalized spacial score (nSPS) is 22.6. The molecule has 0 radical (unpaired) electrons. The molecule has 17 heavy (non-hydrogen) atoms. The number of fused-ring (bicyclic) bond motifs is 1. The Kier molecular flexibility index (Phi) is 2.26. The number of anilines is 1. The van der Waals surface area contributed by atoms with Crippen molar-refractivity contribution in [3.63, 3.8) is 0 Å². The van der Waals surface area contributed by atoms with E-state index in [9.17, 15) is 4.79 Å². The molecule has 3 heteroatoms. The van der Waals surface area contributed by atoms with Crippen molar-refractivity contribution < 1.29 is 4.79 Å². The fourth-order valence-corrected chi connectivity index (χ4v) is 2.51. The molecule has 1 atom stereocenters. The van der Waals surface area contributed by atoms with Gasteiger partial charge in [0.05, 0.1) is 0 Å². The van der Waals surface area contributed by atoms with E-state index < -0.39 is 0 Å². The van der Waals surface area contributed by atoms with Gasteiger partial charge in [-0.2, -0.15) is 0 Å². The van der Waals surface area contributed by atoms with Crippen LogP contribution in [0.1, 0.15) is 43.4 Å². The molecule has 1 aliphatic carbocycles. The highest BCUT2D eigenvalue weighted by molar-refractivity contribution is 5.93. The molecule has 1 unspecified atom stereocenters. The highest BCUT2D eigenvalue weighted by Crippen LogP contribution is 2.53. The number of aryl methyl sites for hydroxylation is 1. The van der Waals surface area contributed by atoms with Gasteiger partial charge in [-0.15, -0.1) is 0 Å². The van der Waals surface area contributed by atoms with Crippen molar-refractivity contribution in [1.29, 1.82) is 0 Å². The van der Waals surface area contributed by atoms with Crippen LogP contribution in [-0.2, 0) is 11.2 Å². The maximum atomic E-state index is 11.3. The monoisotopic (exact) mass is 230 g/mol. The van der Waals surface area contributed by atoms with Crippen molar-refractivity contribution in [3.8, 4) is 0 Å². The predicted molar refractivity (Wildman–Crippen MR) is 67.7 cm³/mol. The molecule has 2 aliphatic rings. The van der Waals surface area contributed by atoms with Gasteiger partial charge in [0.25, 0.3) is 0 Å². The van der Waals surface area contributed by atoms with Gasteiger partial charge in [0.2, 0.25) is 5.91 Å². The topological polar surface area (TPSA) is 55.1 Å². The minimum absolute atomic E-state index is 0.115. The van der Waals surface area contributed by atoms with Crippen molar-refractivity contribution in [2.24, 2.45) is 11.1 Å². The Morgan fingerprint density at radius 3 is 2.82 bits per heavy atom. The first-order valence-corrected chi connectivity index (χ1v) is 6.27. The van der Waals surface area contributed by atoms with E-state index >= 15 is 0 Å². The molecule has 0 aromatic heterocycles. The Balaban J connectivity index is 1.90. The summed E-state index contributed by atoms with van der Waals surface area (Å²) in [6.45, 7) is 2.25. The van der Waals surface area contributed by atoms with E-state index in [4.69, 9.17) is 5.73 Å². The summed E-state index contributed by atoms with van der Waals surface area (Å²) in [5.41, 5.74) is 9.99. The maximum absolute atomic E-state index is 11.3. The van der Waals surface area contributed by atoms with E-state index in [0.29, 0.717) is 11.8 Å². The van der Waals surface area contributed by atoms with Gasteiger partial charge >= 0.3 is 0 Å². The maximum Gasteiger partial charge on any atom is 0.224 e. The van der Waals surface area contributed by atoms with Gasteiger partial charge in [-0.05, 0) is 41.9 Å². The van der Waals surface area contributed by atoms with Crippen molar-refractivity contribution in [2.75, 3.05) is 5.32 Å². The van der Waals surface area contributed by atoms with Crippen LogP contribution in [0.3, 0.4) is 0 Å². The second kappa shape index (κ2) is 3.57. The molecule has 1 fully saturated rings. The van der Waals surface area contributed by atoms with Crippen LogP contribution >= 0.6 is 0 Å². The summed E-state index contributed by atoms with van der Waals surface area (Å²) in [6.07, 6.45) is 3.87. The molecule has 3 nitrogen and oxygen atoms in total. The molecule has 1 aromatic carbocycles. The first-order chi connectivity index (χ1) is 8.08. The van der Waals surface area contributed by atoms with Crippen LogP contribution in [-0.4, -0.2) is 5.91 Å². The number of nitrogens with two attached hydrogens (primary N) is 1. The third-order valence-corrected chi connectivity index (χ3v) is 4.17. The fourth-order valence-electron chi connectivity index (χ4n) is 2.51. The summed E-state index contributed by atoms with van der Waals surface area (Å²) in [5, 5.41) is 2.90. The Hall–Kier alpha value is -1.35. The van der Waals surface area contributed by atoms with Crippen LogP contribution in [0.4, 0.5) is 5.69 Å². The summed E-state index contributed by atoms with van der Waals surface area (Å²) in [7, 11) is 0. The van der Waals surface area contributed by atoms with Crippen LogP contribution in [0.25, 0.3) is 0 Å². The highest BCUT2D eigenvalue weighted by Gasteiger charge is 2.43. The van der Waals surface area contributed by atoms with Crippen LogP contribution in [0.2, 0.25) is 0 Å². The number of hydrogen-bond donors (Lipinski definition) is 2. The average molecular weight is 230 g/mol. The van der Waals surface area contributed by atoms with Gasteiger partial charge in [-0.1, -0.05) is 19.1 Å². The lowest BCUT2D eigenvalue weighted by Crippen LogP contribution is -2.22. The molecule has 1 amide bonds. The zero-order chi connectivity index (χ0) is 12.0. The van der Waals surface area contributed by atoms with Gasteiger partial charge < -0.3 is 11.1 Å². The van der Waals surface area contributed by atoms with Gasteiger partial charge in [0.15, 0.2) is 0 Å². The predicted octanol–water partition coefficient (Wildman–Crippen LogP) is 2.37. The lowest BCUT2D eigenvalue weighted by atomic mass is 9.90. The van der Waals surface area contributed by atoms with E-state index in [-0.39, 0.29) is 11.9 Å². The minimum Gasteiger partial charge on any atom is -0.326 e. The minimum atomic E-state index is 0.115. The molecule has 3 rings (SSSR count). The Morgan fingerprint density at radius 1 is 1.35 bits per heavy atom. The zero-order valence-electron chi connectivity index (χ0n) is 10.1. The fraction of sp³-hybridized carbons (Fsp3) is 0.500. The van der Waals surface area contributed by atoms with Crippen LogP contribution < -0.4 is 11.1 Å². The second-order valence-electron chi connectivity index (χ2n) is 5.60. The summed E-state index contributed by atoms with van der Waals surface area (Å²) in [5.74, 6) is 0.115. The van der Waals surface area contributed by atoms with Crippen LogP contribution in [0, 0.1) is 5.41 Å². The molecule has 0 bridgehead atoms. The first kappa shape index (κ1) is 10.8. The SMILES string of the molecule is CC1(C(N)c2ccc3c(c2)CCC(=O)N3)CC1. The third-order valence-electron chi connectivity index (χ3n) is 4.17. The Bertz CT molecular complexity index is 477. The lowest BCUT2D eigenvalue weighted by Gasteiger charge is -2.23. The molecule has 0 spiro atoms. The molecule has 1 heterocycles. The van der Waals surface area contributed by atoms with Crippen molar-refractivity contribution in [3.05, 3.63) is 29.3 Å². The highest BCUT2D eigenvalue weighted by atomic mass is 16.1. The van der Waals surface area contributed by atoms with Crippen LogP contribution in [0.15, 0.2) is 18.2 Å². The van der Waals surface area contributed by atoms with Gasteiger partial charge in [0, 0.05) is 18.2 Å². The summed E-state index contributed by atoms with van der Waals surface area (Å²) >= 11 is 0. The number of amides is 1. The number of hydrogen-bond acceptors (Lipinski definition) is 2. The standard InChI is InChI=1S/C14H18N2O/c1-14(6-7-14)13(15)10-2-4-11-9(8-10)3-5-12(17)16-11/h2,4,8,13H,3,5-7,15H2,1H3,(H,16,17). The van der Waals surface area contributed by atoms with Gasteiger partial charge in [0.1, 0.15) is 0 Å². The molecule has 90 valence electrons. The summed E-state index contributed by atoms with van der Waals surface area (Å²) < 4.78 is 0. The number of rotatable bonds is 2.